The number of hydrogen-bond acceptors (Lipinski definition) is 6. The molecule has 194 valence electrons. The SMILES string of the molecule is CCCN=O.Nc1ccc(F)c(C(=O)Nc2cnc3[nH]cc(-c4cnn(Cc5ccccc5)c4)c3c2)c1F. The Morgan fingerprint density at radius 3 is 2.66 bits per heavy atom. The number of rotatable bonds is 7. The summed E-state index contributed by atoms with van der Waals surface area (Å²) < 4.78 is 30.1. The topological polar surface area (TPSA) is 131 Å². The molecular formula is C27H25F2N7O2. The van der Waals surface area contributed by atoms with Gasteiger partial charge >= 0.3 is 0 Å². The number of nitrogen functional groups attached to an aromatic ring is 1. The van der Waals surface area contributed by atoms with Gasteiger partial charge in [0.05, 0.1) is 36.9 Å². The molecule has 0 saturated carbocycles. The van der Waals surface area contributed by atoms with Gasteiger partial charge in [0, 0.05) is 28.9 Å². The second kappa shape index (κ2) is 11.9. The van der Waals surface area contributed by atoms with E-state index >= 15 is 0 Å². The highest BCUT2D eigenvalue weighted by Crippen LogP contribution is 2.30. The van der Waals surface area contributed by atoms with Crippen LogP contribution in [0.25, 0.3) is 22.2 Å². The molecule has 5 rings (SSSR count). The Labute approximate surface area is 216 Å². The maximum Gasteiger partial charge on any atom is 0.261 e. The molecule has 38 heavy (non-hydrogen) atoms. The van der Waals surface area contributed by atoms with Crippen molar-refractivity contribution < 1.29 is 13.6 Å². The van der Waals surface area contributed by atoms with E-state index in [1.54, 1.807) is 18.5 Å². The molecule has 11 heteroatoms. The smallest absolute Gasteiger partial charge is 0.261 e. The third-order valence-electron chi connectivity index (χ3n) is 5.58. The molecule has 0 aliphatic rings. The van der Waals surface area contributed by atoms with Gasteiger partial charge in [-0.1, -0.05) is 42.4 Å². The van der Waals surface area contributed by atoms with Crippen molar-refractivity contribution in [1.29, 1.82) is 0 Å². The molecular weight excluding hydrogens is 492 g/mol. The molecule has 0 bridgehead atoms. The van der Waals surface area contributed by atoms with Gasteiger partial charge in [0.25, 0.3) is 5.91 Å². The zero-order chi connectivity index (χ0) is 27.1. The molecule has 0 fully saturated rings. The number of nitroso groups, excluding NO2 is 1. The number of carbonyl (C=O) groups excluding carboxylic acids is 1. The summed E-state index contributed by atoms with van der Waals surface area (Å²) in [5.41, 5.74) is 8.11. The maximum absolute atomic E-state index is 14.2. The number of halogens is 2. The average Bonchev–Trinajstić information content (AvgIpc) is 3.54. The van der Waals surface area contributed by atoms with Crippen LogP contribution in [0.4, 0.5) is 20.2 Å². The zero-order valence-corrected chi connectivity index (χ0v) is 20.5. The number of nitrogens with one attached hydrogen (secondary N) is 2. The monoisotopic (exact) mass is 517 g/mol. The minimum atomic E-state index is -1.10. The fourth-order valence-electron chi connectivity index (χ4n) is 3.73. The number of aromatic amines is 1. The van der Waals surface area contributed by atoms with Gasteiger partial charge in [-0.05, 0) is 30.2 Å². The lowest BCUT2D eigenvalue weighted by Gasteiger charge is -2.08. The Hall–Kier alpha value is -4.93. The molecule has 2 aromatic carbocycles. The van der Waals surface area contributed by atoms with Gasteiger partial charge in [-0.3, -0.25) is 9.48 Å². The van der Waals surface area contributed by atoms with Crippen molar-refractivity contribution in [3.05, 3.63) is 101 Å². The summed E-state index contributed by atoms with van der Waals surface area (Å²) in [7, 11) is 0. The summed E-state index contributed by atoms with van der Waals surface area (Å²) in [4.78, 5) is 29.1. The lowest BCUT2D eigenvalue weighted by atomic mass is 10.1. The van der Waals surface area contributed by atoms with E-state index in [4.69, 9.17) is 10.6 Å². The molecule has 5 aromatic rings. The summed E-state index contributed by atoms with van der Waals surface area (Å²) in [6, 6.07) is 13.7. The van der Waals surface area contributed by atoms with E-state index in [1.807, 2.05) is 48.1 Å². The molecule has 9 nitrogen and oxygen atoms in total. The average molecular weight is 518 g/mol. The third kappa shape index (κ3) is 5.89. The highest BCUT2D eigenvalue weighted by atomic mass is 19.1. The molecule has 0 radical (unpaired) electrons. The largest absolute Gasteiger partial charge is 0.396 e. The predicted molar refractivity (Wildman–Crippen MR) is 143 cm³/mol. The Morgan fingerprint density at radius 2 is 1.95 bits per heavy atom. The van der Waals surface area contributed by atoms with Crippen LogP contribution in [0.1, 0.15) is 29.3 Å². The van der Waals surface area contributed by atoms with Crippen molar-refractivity contribution >= 4 is 28.3 Å². The number of H-pyrrole nitrogens is 1. The number of nitrogens with zero attached hydrogens (tertiary/aromatic N) is 4. The number of fused-ring (bicyclic) bond motifs is 1. The molecule has 0 spiro atoms. The Kier molecular flexibility index (Phi) is 8.17. The number of anilines is 2. The van der Waals surface area contributed by atoms with Gasteiger partial charge in [0.1, 0.15) is 17.0 Å². The fourth-order valence-corrected chi connectivity index (χ4v) is 3.73. The number of carbonyl (C=O) groups is 1. The fraction of sp³-hybridized carbons (Fsp3) is 0.148. The summed E-state index contributed by atoms with van der Waals surface area (Å²) in [5.74, 6) is -3.05. The van der Waals surface area contributed by atoms with Crippen molar-refractivity contribution in [2.45, 2.75) is 19.9 Å². The minimum absolute atomic E-state index is 0.284. The van der Waals surface area contributed by atoms with Crippen LogP contribution in [0.3, 0.4) is 0 Å². The maximum atomic E-state index is 14.2. The molecule has 4 N–H and O–H groups in total. The number of nitrogens with two attached hydrogens (primary N) is 1. The quantitative estimate of drug-likeness (QED) is 0.187. The van der Waals surface area contributed by atoms with Gasteiger partial charge in [-0.2, -0.15) is 10.0 Å². The zero-order valence-electron chi connectivity index (χ0n) is 20.5. The van der Waals surface area contributed by atoms with Crippen LogP contribution in [0.5, 0.6) is 0 Å². The normalized spacial score (nSPS) is 10.6. The lowest BCUT2D eigenvalue weighted by Crippen LogP contribution is -2.17. The number of amides is 1. The van der Waals surface area contributed by atoms with E-state index in [0.717, 1.165) is 40.6 Å². The van der Waals surface area contributed by atoms with Gasteiger partial charge in [0.2, 0.25) is 0 Å². The molecule has 0 aliphatic heterocycles. The van der Waals surface area contributed by atoms with Crippen LogP contribution < -0.4 is 11.1 Å². The van der Waals surface area contributed by atoms with E-state index in [1.165, 1.54) is 6.20 Å². The van der Waals surface area contributed by atoms with Crippen molar-refractivity contribution in [3.63, 3.8) is 0 Å². The first-order valence-corrected chi connectivity index (χ1v) is 11.8. The third-order valence-corrected chi connectivity index (χ3v) is 5.58. The first-order chi connectivity index (χ1) is 18.4. The van der Waals surface area contributed by atoms with E-state index in [2.05, 4.69) is 25.6 Å². The van der Waals surface area contributed by atoms with Crippen LogP contribution in [-0.2, 0) is 6.54 Å². The second-order valence-corrected chi connectivity index (χ2v) is 8.37. The minimum Gasteiger partial charge on any atom is -0.396 e. The lowest BCUT2D eigenvalue weighted by molar-refractivity contribution is 0.101. The van der Waals surface area contributed by atoms with Crippen molar-refractivity contribution in [1.82, 2.24) is 19.7 Å². The summed E-state index contributed by atoms with van der Waals surface area (Å²) >= 11 is 0. The van der Waals surface area contributed by atoms with Gasteiger partial charge < -0.3 is 16.0 Å². The van der Waals surface area contributed by atoms with E-state index in [9.17, 15) is 13.6 Å². The van der Waals surface area contributed by atoms with Gasteiger partial charge in [0.15, 0.2) is 5.82 Å². The standard InChI is InChI=1S/C24H18F2N6O.C3H7NO/c25-19-6-7-20(27)22(26)21(19)24(33)31-16-8-17-18(11-29-23(17)28-10-16)15-9-30-32(13-15)12-14-4-2-1-3-5-14;1-2-3-4-5/h1-11,13H,12,27H2,(H,28,29)(H,31,33);2-3H2,1H3. The molecule has 0 unspecified atom stereocenters. The first kappa shape index (κ1) is 26.1. The highest BCUT2D eigenvalue weighted by molar-refractivity contribution is 6.06. The summed E-state index contributed by atoms with van der Waals surface area (Å²) in [5, 5.41) is 10.3. The van der Waals surface area contributed by atoms with E-state index in [0.29, 0.717) is 18.7 Å². The Bertz CT molecular complexity index is 1560. The van der Waals surface area contributed by atoms with Crippen molar-refractivity contribution in [2.75, 3.05) is 17.6 Å². The molecule has 3 heterocycles. The number of benzene rings is 2. The predicted octanol–water partition coefficient (Wildman–Crippen LogP) is 5.75. The van der Waals surface area contributed by atoms with E-state index in [-0.39, 0.29) is 11.4 Å². The number of hydrogen-bond donors (Lipinski definition) is 3. The van der Waals surface area contributed by atoms with Crippen LogP contribution >= 0.6 is 0 Å². The van der Waals surface area contributed by atoms with E-state index < -0.39 is 23.1 Å². The van der Waals surface area contributed by atoms with Crippen LogP contribution in [0.2, 0.25) is 0 Å². The van der Waals surface area contributed by atoms with Crippen LogP contribution in [-0.4, -0.2) is 32.2 Å². The molecule has 1 amide bonds. The Balaban J connectivity index is 0.000000617. The first-order valence-electron chi connectivity index (χ1n) is 11.8. The number of aromatic nitrogens is 4. The molecule has 3 aromatic heterocycles. The van der Waals surface area contributed by atoms with Crippen LogP contribution in [0.15, 0.2) is 78.5 Å². The van der Waals surface area contributed by atoms with Crippen molar-refractivity contribution in [2.24, 2.45) is 5.18 Å². The molecule has 0 aliphatic carbocycles. The Morgan fingerprint density at radius 1 is 1.16 bits per heavy atom. The number of pyridine rings is 1. The second-order valence-electron chi connectivity index (χ2n) is 8.37. The van der Waals surface area contributed by atoms with Crippen molar-refractivity contribution in [3.8, 4) is 11.1 Å². The molecule has 0 atom stereocenters. The highest BCUT2D eigenvalue weighted by Gasteiger charge is 2.20. The summed E-state index contributed by atoms with van der Waals surface area (Å²) in [6.07, 6.45) is 7.72. The molecule has 0 saturated heterocycles. The van der Waals surface area contributed by atoms with Gasteiger partial charge in [-0.15, -0.1) is 0 Å². The van der Waals surface area contributed by atoms with Gasteiger partial charge in [-0.25, -0.2) is 13.8 Å². The van der Waals surface area contributed by atoms with Crippen LogP contribution in [0, 0.1) is 16.5 Å². The summed E-state index contributed by atoms with van der Waals surface area (Å²) in [6.45, 7) is 3.00.